The Bertz CT molecular complexity index is 727. The number of fused-ring (bicyclic) bond motifs is 1. The summed E-state index contributed by atoms with van der Waals surface area (Å²) in [4.78, 5) is 25.9. The third-order valence-electron chi connectivity index (χ3n) is 3.66. The van der Waals surface area contributed by atoms with Crippen LogP contribution in [0.15, 0.2) is 48.5 Å². The molecule has 1 aliphatic heterocycles. The van der Waals surface area contributed by atoms with E-state index < -0.39 is 0 Å². The van der Waals surface area contributed by atoms with Crippen LogP contribution in [0.5, 0.6) is 0 Å². The monoisotopic (exact) mass is 295 g/mol. The summed E-state index contributed by atoms with van der Waals surface area (Å²) in [5.74, 6) is -0.267. The molecule has 0 radical (unpaired) electrons. The van der Waals surface area contributed by atoms with Crippen LogP contribution in [0.3, 0.4) is 0 Å². The largest absolute Gasteiger partial charge is 0.399 e. The van der Waals surface area contributed by atoms with E-state index in [1.54, 1.807) is 29.2 Å². The molecule has 3 rings (SSSR count). The summed E-state index contributed by atoms with van der Waals surface area (Å²) < 4.78 is 0. The Kier molecular flexibility index (Phi) is 3.78. The van der Waals surface area contributed by atoms with Crippen LogP contribution in [0, 0.1) is 0 Å². The SMILES string of the molecule is Nc1cccc(NC(=O)CN2C(=O)CCc3ccccc32)c1. The Labute approximate surface area is 128 Å². The number of nitrogens with zero attached hydrogens (tertiary/aromatic N) is 1. The van der Waals surface area contributed by atoms with Crippen LogP contribution < -0.4 is 16.0 Å². The molecule has 1 heterocycles. The van der Waals surface area contributed by atoms with E-state index in [1.807, 2.05) is 24.3 Å². The predicted octanol–water partition coefficient (Wildman–Crippen LogP) is 2.19. The van der Waals surface area contributed by atoms with E-state index in [0.29, 0.717) is 17.8 Å². The third-order valence-corrected chi connectivity index (χ3v) is 3.66. The second-order valence-corrected chi connectivity index (χ2v) is 5.28. The first-order chi connectivity index (χ1) is 10.6. The first-order valence-corrected chi connectivity index (χ1v) is 7.17. The number of hydrogen-bond acceptors (Lipinski definition) is 3. The van der Waals surface area contributed by atoms with E-state index in [2.05, 4.69) is 5.32 Å². The van der Waals surface area contributed by atoms with Gasteiger partial charge in [-0.2, -0.15) is 0 Å². The molecule has 5 heteroatoms. The zero-order valence-electron chi connectivity index (χ0n) is 12.1. The second kappa shape index (κ2) is 5.89. The van der Waals surface area contributed by atoms with Gasteiger partial charge in [0.1, 0.15) is 6.54 Å². The average Bonchev–Trinajstić information content (AvgIpc) is 2.50. The van der Waals surface area contributed by atoms with E-state index in [9.17, 15) is 9.59 Å². The van der Waals surface area contributed by atoms with E-state index in [-0.39, 0.29) is 18.4 Å². The van der Waals surface area contributed by atoms with Crippen molar-refractivity contribution in [2.75, 3.05) is 22.5 Å². The molecule has 0 atom stereocenters. The highest BCUT2D eigenvalue weighted by Crippen LogP contribution is 2.27. The lowest BCUT2D eigenvalue weighted by Gasteiger charge is -2.28. The Morgan fingerprint density at radius 1 is 1.14 bits per heavy atom. The first-order valence-electron chi connectivity index (χ1n) is 7.17. The predicted molar refractivity (Wildman–Crippen MR) is 86.6 cm³/mol. The maximum atomic E-state index is 12.2. The highest BCUT2D eigenvalue weighted by atomic mass is 16.2. The van der Waals surface area contributed by atoms with Crippen molar-refractivity contribution in [3.05, 3.63) is 54.1 Å². The number of aryl methyl sites for hydroxylation is 1. The van der Waals surface area contributed by atoms with Crippen molar-refractivity contribution in [2.45, 2.75) is 12.8 Å². The number of carbonyl (C=O) groups is 2. The second-order valence-electron chi connectivity index (χ2n) is 5.28. The van der Waals surface area contributed by atoms with Gasteiger partial charge in [-0.1, -0.05) is 24.3 Å². The number of para-hydroxylation sites is 1. The van der Waals surface area contributed by atoms with Gasteiger partial charge in [-0.05, 0) is 36.2 Å². The van der Waals surface area contributed by atoms with Crippen LogP contribution in [0.1, 0.15) is 12.0 Å². The third kappa shape index (κ3) is 2.93. The van der Waals surface area contributed by atoms with Gasteiger partial charge in [0.25, 0.3) is 0 Å². The van der Waals surface area contributed by atoms with Crippen LogP contribution in [0.25, 0.3) is 0 Å². The van der Waals surface area contributed by atoms with Crippen LogP contribution >= 0.6 is 0 Å². The number of carbonyl (C=O) groups excluding carboxylic acids is 2. The number of hydrogen-bond donors (Lipinski definition) is 2. The van der Waals surface area contributed by atoms with Crippen molar-refractivity contribution in [3.63, 3.8) is 0 Å². The summed E-state index contributed by atoms with van der Waals surface area (Å²) in [5.41, 5.74) is 8.81. The van der Waals surface area contributed by atoms with Crippen molar-refractivity contribution >= 4 is 28.9 Å². The van der Waals surface area contributed by atoms with Gasteiger partial charge in [-0.3, -0.25) is 9.59 Å². The Hall–Kier alpha value is -2.82. The van der Waals surface area contributed by atoms with Crippen LogP contribution in [0.4, 0.5) is 17.1 Å². The maximum absolute atomic E-state index is 12.2. The zero-order valence-corrected chi connectivity index (χ0v) is 12.1. The number of anilines is 3. The Morgan fingerprint density at radius 3 is 2.77 bits per heavy atom. The molecule has 2 amide bonds. The summed E-state index contributed by atoms with van der Waals surface area (Å²) in [6.07, 6.45) is 1.16. The molecule has 1 aliphatic rings. The van der Waals surface area contributed by atoms with E-state index >= 15 is 0 Å². The van der Waals surface area contributed by atoms with Gasteiger partial charge in [-0.25, -0.2) is 0 Å². The van der Waals surface area contributed by atoms with Crippen LogP contribution in [-0.2, 0) is 16.0 Å². The smallest absolute Gasteiger partial charge is 0.244 e. The van der Waals surface area contributed by atoms with Gasteiger partial charge in [0.15, 0.2) is 0 Å². The minimum absolute atomic E-state index is 0.00461. The van der Waals surface area contributed by atoms with Crippen molar-refractivity contribution in [1.82, 2.24) is 0 Å². The summed E-state index contributed by atoms with van der Waals surface area (Å²) in [6, 6.07) is 14.7. The number of benzene rings is 2. The summed E-state index contributed by atoms with van der Waals surface area (Å²) in [7, 11) is 0. The molecular weight excluding hydrogens is 278 g/mol. The molecule has 0 saturated carbocycles. The quantitative estimate of drug-likeness (QED) is 0.852. The molecule has 0 aromatic heterocycles. The number of nitrogens with one attached hydrogen (secondary N) is 1. The molecule has 0 bridgehead atoms. The molecule has 3 N–H and O–H groups in total. The molecule has 0 saturated heterocycles. The molecular formula is C17H17N3O2. The Morgan fingerprint density at radius 2 is 1.95 bits per heavy atom. The minimum atomic E-state index is -0.240. The van der Waals surface area contributed by atoms with Crippen molar-refractivity contribution in [2.24, 2.45) is 0 Å². The first kappa shape index (κ1) is 14.1. The standard InChI is InChI=1S/C17H17N3O2/c18-13-5-3-6-14(10-13)19-16(21)11-20-15-7-2-1-4-12(15)8-9-17(20)22/h1-7,10H,8-9,11,18H2,(H,19,21). The van der Waals surface area contributed by atoms with Crippen molar-refractivity contribution in [3.8, 4) is 0 Å². The topological polar surface area (TPSA) is 75.4 Å². The zero-order chi connectivity index (χ0) is 15.5. The molecule has 2 aromatic carbocycles. The maximum Gasteiger partial charge on any atom is 0.244 e. The normalized spacial score (nSPS) is 13.6. The van der Waals surface area contributed by atoms with Crippen LogP contribution in [0.2, 0.25) is 0 Å². The highest BCUT2D eigenvalue weighted by molar-refractivity contribution is 6.04. The summed E-state index contributed by atoms with van der Waals surface area (Å²) >= 11 is 0. The fourth-order valence-corrected chi connectivity index (χ4v) is 2.63. The van der Waals surface area contributed by atoms with Crippen molar-refractivity contribution in [1.29, 1.82) is 0 Å². The van der Waals surface area contributed by atoms with Crippen LogP contribution in [-0.4, -0.2) is 18.4 Å². The van der Waals surface area contributed by atoms with Gasteiger partial charge >= 0.3 is 0 Å². The van der Waals surface area contributed by atoms with E-state index in [1.165, 1.54) is 0 Å². The highest BCUT2D eigenvalue weighted by Gasteiger charge is 2.25. The summed E-state index contributed by atoms with van der Waals surface area (Å²) in [6.45, 7) is 0.00461. The van der Waals surface area contributed by atoms with Gasteiger partial charge < -0.3 is 16.0 Å². The lowest BCUT2D eigenvalue weighted by atomic mass is 10.0. The number of nitrogen functional groups attached to an aromatic ring is 1. The lowest BCUT2D eigenvalue weighted by molar-refractivity contribution is -0.121. The van der Waals surface area contributed by atoms with Crippen molar-refractivity contribution < 1.29 is 9.59 Å². The lowest BCUT2D eigenvalue weighted by Crippen LogP contribution is -2.40. The number of rotatable bonds is 3. The fourth-order valence-electron chi connectivity index (χ4n) is 2.63. The molecule has 0 fully saturated rings. The number of amides is 2. The average molecular weight is 295 g/mol. The van der Waals surface area contributed by atoms with Gasteiger partial charge in [0, 0.05) is 23.5 Å². The van der Waals surface area contributed by atoms with Gasteiger partial charge in [-0.15, -0.1) is 0 Å². The number of nitrogens with two attached hydrogens (primary N) is 1. The van der Waals surface area contributed by atoms with E-state index in [0.717, 1.165) is 17.7 Å². The fraction of sp³-hybridized carbons (Fsp3) is 0.176. The van der Waals surface area contributed by atoms with E-state index in [4.69, 9.17) is 5.73 Å². The minimum Gasteiger partial charge on any atom is -0.399 e. The molecule has 5 nitrogen and oxygen atoms in total. The Balaban J connectivity index is 1.75. The molecule has 0 spiro atoms. The molecule has 2 aromatic rings. The molecule has 0 unspecified atom stereocenters. The summed E-state index contributed by atoms with van der Waals surface area (Å²) in [5, 5.41) is 2.77. The molecule has 112 valence electrons. The van der Waals surface area contributed by atoms with Gasteiger partial charge in [0.05, 0.1) is 0 Å². The molecule has 22 heavy (non-hydrogen) atoms. The molecule has 0 aliphatic carbocycles. The van der Waals surface area contributed by atoms with Gasteiger partial charge in [0.2, 0.25) is 11.8 Å².